The first-order valence-corrected chi connectivity index (χ1v) is 11.2. The third-order valence-corrected chi connectivity index (χ3v) is 4.96. The predicted molar refractivity (Wildman–Crippen MR) is 119 cm³/mol. The van der Waals surface area contributed by atoms with E-state index in [2.05, 4.69) is 33.1 Å². The molecule has 0 atom stereocenters. The van der Waals surface area contributed by atoms with Crippen LogP contribution < -0.4 is 10.2 Å². The average molecular weight is 478 g/mol. The number of imide groups is 1. The zero-order valence-corrected chi connectivity index (χ0v) is 19.5. The summed E-state index contributed by atoms with van der Waals surface area (Å²) in [6, 6.07) is 0. The third-order valence-electron chi connectivity index (χ3n) is 4.81. The molecule has 0 aromatic carbocycles. The molecule has 11 nitrogen and oxygen atoms in total. The van der Waals surface area contributed by atoms with Crippen LogP contribution in [-0.4, -0.2) is 55.8 Å². The smallest absolute Gasteiger partial charge is 0.333 e. The van der Waals surface area contributed by atoms with Crippen LogP contribution in [0.1, 0.15) is 70.2 Å². The number of amides is 3. The van der Waals surface area contributed by atoms with Crippen LogP contribution >= 0.6 is 12.6 Å². The van der Waals surface area contributed by atoms with Gasteiger partial charge in [0, 0.05) is 24.0 Å². The second-order valence-electron chi connectivity index (χ2n) is 8.44. The van der Waals surface area contributed by atoms with Crippen LogP contribution in [0.4, 0.5) is 0 Å². The molecule has 1 saturated heterocycles. The fraction of sp³-hybridized carbons (Fsp3) is 0.571. The molecule has 3 rings (SSSR count). The molecule has 1 fully saturated rings. The zero-order chi connectivity index (χ0) is 24.0. The first kappa shape index (κ1) is 24.6. The molecular formula is C21H27N5O6S. The Morgan fingerprint density at radius 2 is 1.94 bits per heavy atom. The van der Waals surface area contributed by atoms with Gasteiger partial charge < -0.3 is 9.57 Å². The Balaban J connectivity index is 1.48. The molecule has 0 spiro atoms. The third kappa shape index (κ3) is 7.24. The van der Waals surface area contributed by atoms with Gasteiger partial charge in [-0.1, -0.05) is 13.8 Å². The number of ether oxygens (including phenoxy) is 1. The lowest BCUT2D eigenvalue weighted by molar-refractivity contribution is -0.197. The molecule has 1 aliphatic heterocycles. The van der Waals surface area contributed by atoms with Gasteiger partial charge in [-0.05, 0) is 25.7 Å². The fourth-order valence-corrected chi connectivity index (χ4v) is 3.45. The van der Waals surface area contributed by atoms with E-state index in [9.17, 15) is 19.2 Å². The van der Waals surface area contributed by atoms with Crippen molar-refractivity contribution in [1.29, 1.82) is 0 Å². The summed E-state index contributed by atoms with van der Waals surface area (Å²) in [4.78, 5) is 60.4. The van der Waals surface area contributed by atoms with Crippen LogP contribution in [0.15, 0.2) is 11.3 Å². The van der Waals surface area contributed by atoms with Crippen molar-refractivity contribution < 1.29 is 28.8 Å². The fourth-order valence-electron chi connectivity index (χ4n) is 3.31. The molecule has 178 valence electrons. The monoisotopic (exact) mass is 477 g/mol. The molecule has 1 N–H and O–H groups in total. The Morgan fingerprint density at radius 3 is 2.64 bits per heavy atom. The van der Waals surface area contributed by atoms with Crippen molar-refractivity contribution in [3.8, 4) is 5.88 Å². The maximum absolute atomic E-state index is 12.0. The number of rotatable bonds is 9. The second kappa shape index (κ2) is 10.7. The lowest BCUT2D eigenvalue weighted by Gasteiger charge is -2.18. The maximum Gasteiger partial charge on any atom is 0.333 e. The molecule has 0 bridgehead atoms. The highest BCUT2D eigenvalue weighted by atomic mass is 32.1. The van der Waals surface area contributed by atoms with Crippen molar-refractivity contribution in [2.45, 2.75) is 70.0 Å². The minimum atomic E-state index is -0.678. The predicted octanol–water partition coefficient (Wildman–Crippen LogP) is 1.50. The molecule has 0 radical (unpaired) electrons. The normalized spacial score (nSPS) is 17.2. The minimum Gasteiger partial charge on any atom is -0.477 e. The summed E-state index contributed by atoms with van der Waals surface area (Å²) < 4.78 is 5.15. The molecule has 3 amide bonds. The molecule has 0 unspecified atom stereocenters. The van der Waals surface area contributed by atoms with Crippen molar-refractivity contribution in [1.82, 2.24) is 20.5 Å². The standard InChI is InChI=1S/C21H27N5O6S/c1-21(2,33)11-15(27)25-24-14-6-3-5-13-20(14)22-12-16(23-13)31-10-4-7-19(30)32-26-17(28)8-9-18(26)29/h12,33H,3-11H2,1-2H3,(H,25,27)/b24-14-. The van der Waals surface area contributed by atoms with Gasteiger partial charge in [0.1, 0.15) is 5.69 Å². The first-order valence-electron chi connectivity index (χ1n) is 10.8. The van der Waals surface area contributed by atoms with Crippen LogP contribution in [0.3, 0.4) is 0 Å². The number of hydrogen-bond acceptors (Lipinski definition) is 10. The van der Waals surface area contributed by atoms with E-state index in [0.717, 1.165) is 12.1 Å². The highest BCUT2D eigenvalue weighted by Gasteiger charge is 2.32. The van der Waals surface area contributed by atoms with Gasteiger partial charge >= 0.3 is 5.97 Å². The van der Waals surface area contributed by atoms with E-state index in [1.54, 1.807) is 0 Å². The number of aryl methyl sites for hydroxylation is 1. The SMILES string of the molecule is CC(C)(S)CC(=O)N/N=C1/CCCc2nc(OCCCC(=O)ON3C(=O)CCC3=O)cnc21. The van der Waals surface area contributed by atoms with E-state index in [4.69, 9.17) is 9.57 Å². The molecular weight excluding hydrogens is 450 g/mol. The van der Waals surface area contributed by atoms with Gasteiger partial charge in [-0.3, -0.25) is 14.4 Å². The quantitative estimate of drug-likeness (QED) is 0.236. The van der Waals surface area contributed by atoms with Crippen LogP contribution in [-0.2, 0) is 30.4 Å². The largest absolute Gasteiger partial charge is 0.477 e. The molecule has 1 aliphatic carbocycles. The van der Waals surface area contributed by atoms with E-state index in [1.165, 1.54) is 6.20 Å². The molecule has 1 aromatic rings. The average Bonchev–Trinajstić information content (AvgIpc) is 3.06. The number of aromatic nitrogens is 2. The maximum atomic E-state index is 12.0. The Kier molecular flexibility index (Phi) is 8.01. The lowest BCUT2D eigenvalue weighted by Crippen LogP contribution is -2.32. The summed E-state index contributed by atoms with van der Waals surface area (Å²) in [6.45, 7) is 3.88. The van der Waals surface area contributed by atoms with E-state index >= 15 is 0 Å². The molecule has 12 heteroatoms. The highest BCUT2D eigenvalue weighted by Crippen LogP contribution is 2.21. The second-order valence-corrected chi connectivity index (χ2v) is 9.65. The number of nitrogens with zero attached hydrogens (tertiary/aromatic N) is 4. The van der Waals surface area contributed by atoms with Crippen molar-refractivity contribution in [2.75, 3.05) is 6.61 Å². The molecule has 2 aliphatic rings. The van der Waals surface area contributed by atoms with E-state index in [1.807, 2.05) is 13.8 Å². The number of hydrazone groups is 1. The van der Waals surface area contributed by atoms with Gasteiger partial charge in [0.2, 0.25) is 11.8 Å². The number of nitrogens with one attached hydrogen (secondary N) is 1. The Hall–Kier alpha value is -3.02. The zero-order valence-electron chi connectivity index (χ0n) is 18.6. The highest BCUT2D eigenvalue weighted by molar-refractivity contribution is 7.81. The number of hydroxylamine groups is 2. The summed E-state index contributed by atoms with van der Waals surface area (Å²) >= 11 is 4.35. The number of carbonyl (C=O) groups is 4. The van der Waals surface area contributed by atoms with Crippen LogP contribution in [0.5, 0.6) is 5.88 Å². The first-order chi connectivity index (χ1) is 15.6. The molecule has 2 heterocycles. The van der Waals surface area contributed by atoms with E-state index in [0.29, 0.717) is 41.6 Å². The Labute approximate surface area is 196 Å². The van der Waals surface area contributed by atoms with Gasteiger partial charge in [0.05, 0.1) is 30.6 Å². The van der Waals surface area contributed by atoms with Gasteiger partial charge in [-0.2, -0.15) is 17.7 Å². The van der Waals surface area contributed by atoms with Gasteiger partial charge in [-0.15, -0.1) is 5.06 Å². The van der Waals surface area contributed by atoms with Crippen LogP contribution in [0.25, 0.3) is 0 Å². The van der Waals surface area contributed by atoms with Gasteiger partial charge in [-0.25, -0.2) is 20.2 Å². The van der Waals surface area contributed by atoms with Gasteiger partial charge in [0.15, 0.2) is 0 Å². The Morgan fingerprint density at radius 1 is 1.21 bits per heavy atom. The molecule has 0 saturated carbocycles. The number of hydrogen-bond donors (Lipinski definition) is 2. The minimum absolute atomic E-state index is 0.0188. The number of carbonyl (C=O) groups excluding carboxylic acids is 4. The summed E-state index contributed by atoms with van der Waals surface area (Å²) in [6.07, 6.45) is 4.31. The van der Waals surface area contributed by atoms with Crippen molar-refractivity contribution in [2.24, 2.45) is 5.10 Å². The lowest BCUT2D eigenvalue weighted by atomic mass is 9.98. The van der Waals surface area contributed by atoms with E-state index < -0.39 is 22.5 Å². The van der Waals surface area contributed by atoms with E-state index in [-0.39, 0.29) is 38.2 Å². The van der Waals surface area contributed by atoms with Crippen molar-refractivity contribution in [3.63, 3.8) is 0 Å². The molecule has 33 heavy (non-hydrogen) atoms. The topological polar surface area (TPSA) is 140 Å². The van der Waals surface area contributed by atoms with Gasteiger partial charge in [0.25, 0.3) is 11.8 Å². The summed E-state index contributed by atoms with van der Waals surface area (Å²) in [5.74, 6) is -1.61. The summed E-state index contributed by atoms with van der Waals surface area (Å²) in [7, 11) is 0. The Bertz CT molecular complexity index is 958. The number of fused-ring (bicyclic) bond motifs is 1. The number of thiol groups is 1. The van der Waals surface area contributed by atoms with Crippen LogP contribution in [0, 0.1) is 0 Å². The van der Waals surface area contributed by atoms with Crippen molar-refractivity contribution >= 4 is 42.0 Å². The van der Waals surface area contributed by atoms with Crippen LogP contribution in [0.2, 0.25) is 0 Å². The molecule has 1 aromatic heterocycles. The summed E-state index contributed by atoms with van der Waals surface area (Å²) in [5, 5.41) is 4.75. The van der Waals surface area contributed by atoms with Crippen molar-refractivity contribution in [3.05, 3.63) is 17.6 Å². The summed E-state index contributed by atoms with van der Waals surface area (Å²) in [5.41, 5.74) is 4.58.